The van der Waals surface area contributed by atoms with E-state index < -0.39 is 6.43 Å². The van der Waals surface area contributed by atoms with Crippen molar-refractivity contribution in [1.29, 1.82) is 0 Å². The first-order valence-electron chi connectivity index (χ1n) is 3.41. The normalized spacial score (nSPS) is 12.2. The van der Waals surface area contributed by atoms with Crippen molar-refractivity contribution in [2.75, 3.05) is 0 Å². The van der Waals surface area contributed by atoms with Crippen LogP contribution in [-0.2, 0) is 0 Å². The molecule has 0 aliphatic rings. The molecular formula is C9H7ClF2. The van der Waals surface area contributed by atoms with Crippen LogP contribution in [0.15, 0.2) is 36.4 Å². The van der Waals surface area contributed by atoms with E-state index in [0.717, 1.165) is 6.08 Å². The highest BCUT2D eigenvalue weighted by molar-refractivity contribution is 6.48. The van der Waals surface area contributed by atoms with Gasteiger partial charge in [0.05, 0.1) is 0 Å². The molecule has 0 amide bonds. The second-order valence-corrected chi connectivity index (χ2v) is 2.62. The van der Waals surface area contributed by atoms with Crippen molar-refractivity contribution in [1.82, 2.24) is 0 Å². The predicted molar refractivity (Wildman–Crippen MR) is 46.3 cm³/mol. The van der Waals surface area contributed by atoms with Crippen LogP contribution >= 0.6 is 11.6 Å². The van der Waals surface area contributed by atoms with Crippen molar-refractivity contribution in [3.8, 4) is 0 Å². The average molecular weight is 189 g/mol. The molecule has 1 rings (SSSR count). The Morgan fingerprint density at radius 3 is 2.33 bits per heavy atom. The minimum absolute atomic E-state index is 0.0885. The van der Waals surface area contributed by atoms with Gasteiger partial charge in [-0.3, -0.25) is 0 Å². The second kappa shape index (κ2) is 4.21. The third-order valence-electron chi connectivity index (χ3n) is 1.32. The molecular weight excluding hydrogens is 182 g/mol. The van der Waals surface area contributed by atoms with Crippen LogP contribution in [0.2, 0.25) is 0 Å². The monoisotopic (exact) mass is 188 g/mol. The smallest absolute Gasteiger partial charge is 0.206 e. The third kappa shape index (κ3) is 2.62. The Hall–Kier alpha value is -0.890. The largest absolute Gasteiger partial charge is 0.258 e. The summed E-state index contributed by atoms with van der Waals surface area (Å²) < 4.78 is 23.6. The van der Waals surface area contributed by atoms with Crippen LogP contribution in [0.5, 0.6) is 0 Å². The van der Waals surface area contributed by atoms with Gasteiger partial charge in [0.2, 0.25) is 0 Å². The van der Waals surface area contributed by atoms with Gasteiger partial charge in [0.25, 0.3) is 6.43 Å². The zero-order valence-electron chi connectivity index (χ0n) is 6.18. The molecule has 0 aromatic heterocycles. The van der Waals surface area contributed by atoms with Crippen molar-refractivity contribution < 1.29 is 8.78 Å². The van der Waals surface area contributed by atoms with Gasteiger partial charge in [-0.05, 0) is 5.56 Å². The Balaban J connectivity index is 2.85. The van der Waals surface area contributed by atoms with Gasteiger partial charge >= 0.3 is 0 Å². The predicted octanol–water partition coefficient (Wildman–Crippen LogP) is 3.53. The standard InChI is InChI=1S/C9H7ClF2/c10-8(6-9(11)12)7-4-2-1-3-5-7/h1-6,9H. The lowest BCUT2D eigenvalue weighted by molar-refractivity contribution is 0.205. The fourth-order valence-corrected chi connectivity index (χ4v) is 1.03. The first kappa shape index (κ1) is 9.20. The number of alkyl halides is 2. The molecule has 0 bridgehead atoms. The number of hydrogen-bond donors (Lipinski definition) is 0. The molecule has 1 aromatic rings. The van der Waals surface area contributed by atoms with Crippen LogP contribution in [0.25, 0.3) is 5.03 Å². The lowest BCUT2D eigenvalue weighted by atomic mass is 10.2. The fraction of sp³-hybridized carbons (Fsp3) is 0.111. The summed E-state index contributed by atoms with van der Waals surface area (Å²) >= 11 is 5.58. The molecule has 0 N–H and O–H groups in total. The molecule has 0 atom stereocenters. The van der Waals surface area contributed by atoms with E-state index in [4.69, 9.17) is 11.6 Å². The van der Waals surface area contributed by atoms with E-state index in [9.17, 15) is 8.78 Å². The summed E-state index contributed by atoms with van der Waals surface area (Å²) in [5.74, 6) is 0. The number of rotatable bonds is 2. The molecule has 0 saturated carbocycles. The van der Waals surface area contributed by atoms with Gasteiger partial charge in [0.1, 0.15) is 0 Å². The van der Waals surface area contributed by atoms with E-state index in [-0.39, 0.29) is 5.03 Å². The summed E-state index contributed by atoms with van der Waals surface area (Å²) in [5.41, 5.74) is 0.611. The van der Waals surface area contributed by atoms with E-state index in [1.807, 2.05) is 0 Å². The molecule has 0 nitrogen and oxygen atoms in total. The van der Waals surface area contributed by atoms with Crippen LogP contribution in [0.4, 0.5) is 8.78 Å². The zero-order valence-corrected chi connectivity index (χ0v) is 6.93. The maximum absolute atomic E-state index is 11.8. The van der Waals surface area contributed by atoms with Gasteiger partial charge in [0, 0.05) is 11.1 Å². The SMILES string of the molecule is FC(F)C=C(Cl)c1ccccc1. The van der Waals surface area contributed by atoms with Crippen molar-refractivity contribution >= 4 is 16.6 Å². The Bertz CT molecular complexity index is 267. The summed E-state index contributed by atoms with van der Waals surface area (Å²) in [5, 5.41) is 0.0885. The van der Waals surface area contributed by atoms with Crippen molar-refractivity contribution in [2.45, 2.75) is 6.43 Å². The summed E-state index contributed by atoms with van der Waals surface area (Å²) in [7, 11) is 0. The number of benzene rings is 1. The van der Waals surface area contributed by atoms with Crippen LogP contribution in [0.1, 0.15) is 5.56 Å². The Kier molecular flexibility index (Phi) is 3.23. The van der Waals surface area contributed by atoms with Crippen LogP contribution in [0, 0.1) is 0 Å². The maximum atomic E-state index is 11.8. The second-order valence-electron chi connectivity index (χ2n) is 2.22. The van der Waals surface area contributed by atoms with Gasteiger partial charge in [-0.15, -0.1) is 0 Å². The highest BCUT2D eigenvalue weighted by Gasteiger charge is 2.01. The highest BCUT2D eigenvalue weighted by Crippen LogP contribution is 2.19. The molecule has 0 saturated heterocycles. The first-order valence-corrected chi connectivity index (χ1v) is 3.79. The van der Waals surface area contributed by atoms with E-state index in [1.165, 1.54) is 0 Å². The Labute approximate surface area is 74.5 Å². The molecule has 12 heavy (non-hydrogen) atoms. The van der Waals surface area contributed by atoms with Crippen molar-refractivity contribution in [3.63, 3.8) is 0 Å². The van der Waals surface area contributed by atoms with Gasteiger partial charge in [-0.25, -0.2) is 8.78 Å². The summed E-state index contributed by atoms with van der Waals surface area (Å²) in [4.78, 5) is 0. The third-order valence-corrected chi connectivity index (χ3v) is 1.67. The number of allylic oxidation sites excluding steroid dienone is 1. The molecule has 0 fully saturated rings. The number of halogens is 3. The molecule has 3 heteroatoms. The number of hydrogen-bond acceptors (Lipinski definition) is 0. The highest BCUT2D eigenvalue weighted by atomic mass is 35.5. The van der Waals surface area contributed by atoms with Gasteiger partial charge in [0.15, 0.2) is 0 Å². The lowest BCUT2D eigenvalue weighted by Crippen LogP contribution is -1.83. The molecule has 1 aromatic carbocycles. The molecule has 0 aliphatic heterocycles. The Morgan fingerprint density at radius 1 is 1.25 bits per heavy atom. The van der Waals surface area contributed by atoms with Crippen molar-refractivity contribution in [2.24, 2.45) is 0 Å². The minimum atomic E-state index is -2.50. The topological polar surface area (TPSA) is 0 Å². The molecule has 0 unspecified atom stereocenters. The fourth-order valence-electron chi connectivity index (χ4n) is 0.804. The summed E-state index contributed by atoms with van der Waals surface area (Å²) in [6, 6.07) is 8.66. The first-order chi connectivity index (χ1) is 5.70. The van der Waals surface area contributed by atoms with E-state index in [0.29, 0.717) is 5.56 Å². The van der Waals surface area contributed by atoms with E-state index in [2.05, 4.69) is 0 Å². The van der Waals surface area contributed by atoms with Gasteiger partial charge in [-0.2, -0.15) is 0 Å². The van der Waals surface area contributed by atoms with Crippen LogP contribution in [-0.4, -0.2) is 6.43 Å². The van der Waals surface area contributed by atoms with Crippen LogP contribution < -0.4 is 0 Å². The molecule has 0 spiro atoms. The van der Waals surface area contributed by atoms with Gasteiger partial charge < -0.3 is 0 Å². The molecule has 0 aliphatic carbocycles. The van der Waals surface area contributed by atoms with E-state index >= 15 is 0 Å². The molecule has 64 valence electrons. The Morgan fingerprint density at radius 2 is 1.83 bits per heavy atom. The van der Waals surface area contributed by atoms with E-state index in [1.54, 1.807) is 30.3 Å². The van der Waals surface area contributed by atoms with Gasteiger partial charge in [-0.1, -0.05) is 41.9 Å². The van der Waals surface area contributed by atoms with Crippen LogP contribution in [0.3, 0.4) is 0 Å². The quantitative estimate of drug-likeness (QED) is 0.666. The molecule has 0 heterocycles. The molecule has 0 radical (unpaired) electrons. The lowest BCUT2D eigenvalue weighted by Gasteiger charge is -1.97. The zero-order chi connectivity index (χ0) is 8.97. The average Bonchev–Trinajstić information content (AvgIpc) is 2.05. The summed E-state index contributed by atoms with van der Waals surface area (Å²) in [6.07, 6.45) is -1.78. The summed E-state index contributed by atoms with van der Waals surface area (Å²) in [6.45, 7) is 0. The maximum Gasteiger partial charge on any atom is 0.258 e. The van der Waals surface area contributed by atoms with Crippen molar-refractivity contribution in [3.05, 3.63) is 42.0 Å². The minimum Gasteiger partial charge on any atom is -0.206 e.